The Balaban J connectivity index is 2.58. The van der Waals surface area contributed by atoms with Crippen LogP contribution in [0.15, 0.2) is 0 Å². The number of aliphatic hydroxyl groups excluding tert-OH is 1. The predicted octanol–water partition coefficient (Wildman–Crippen LogP) is 2.33. The van der Waals surface area contributed by atoms with Gasteiger partial charge in [0.25, 0.3) is 0 Å². The monoisotopic (exact) mass is 271 g/mol. The fourth-order valence-electron chi connectivity index (χ4n) is 2.57. The van der Waals surface area contributed by atoms with E-state index in [1.165, 1.54) is 4.90 Å². The Morgan fingerprint density at radius 2 is 1.82 bits per heavy atom. The van der Waals surface area contributed by atoms with E-state index in [1.54, 1.807) is 0 Å². The van der Waals surface area contributed by atoms with Gasteiger partial charge in [0.15, 0.2) is 0 Å². The van der Waals surface area contributed by atoms with Gasteiger partial charge >= 0.3 is 6.18 Å². The number of halogens is 3. The van der Waals surface area contributed by atoms with Crippen LogP contribution in [0.3, 0.4) is 0 Å². The second kappa shape index (κ2) is 6.29. The van der Waals surface area contributed by atoms with Crippen LogP contribution in [0.25, 0.3) is 0 Å². The molecule has 0 bridgehead atoms. The standard InChI is InChI=1S/C11H20F3NOS/c12-11(13,14)8-15(5-6-16)7-10(9-17)3-1-2-4-10/h16-17H,1-9H2. The Hall–Kier alpha value is 0.0600. The summed E-state index contributed by atoms with van der Waals surface area (Å²) >= 11 is 4.29. The number of hydrogen-bond acceptors (Lipinski definition) is 3. The predicted molar refractivity (Wildman–Crippen MR) is 64.3 cm³/mol. The summed E-state index contributed by atoms with van der Waals surface area (Å²) in [5.74, 6) is 0.618. The summed E-state index contributed by atoms with van der Waals surface area (Å²) in [5.41, 5.74) is -0.0937. The van der Waals surface area contributed by atoms with Crippen molar-refractivity contribution in [2.75, 3.05) is 32.0 Å². The highest BCUT2D eigenvalue weighted by atomic mass is 32.1. The third kappa shape index (κ3) is 5.06. The van der Waals surface area contributed by atoms with E-state index in [0.717, 1.165) is 25.7 Å². The highest BCUT2D eigenvalue weighted by Crippen LogP contribution is 2.40. The van der Waals surface area contributed by atoms with Crippen LogP contribution in [-0.4, -0.2) is 48.2 Å². The number of nitrogens with zero attached hydrogens (tertiary/aromatic N) is 1. The Labute approximate surface area is 106 Å². The number of alkyl halides is 3. The van der Waals surface area contributed by atoms with Gasteiger partial charge in [0.1, 0.15) is 0 Å². The lowest BCUT2D eigenvalue weighted by molar-refractivity contribution is -0.149. The van der Waals surface area contributed by atoms with Crippen molar-refractivity contribution < 1.29 is 18.3 Å². The minimum absolute atomic E-state index is 0.0784. The van der Waals surface area contributed by atoms with Crippen LogP contribution in [0.1, 0.15) is 25.7 Å². The van der Waals surface area contributed by atoms with Gasteiger partial charge in [-0.2, -0.15) is 25.8 Å². The largest absolute Gasteiger partial charge is 0.401 e. The van der Waals surface area contributed by atoms with Crippen LogP contribution < -0.4 is 0 Å². The first-order valence-corrected chi connectivity index (χ1v) is 6.55. The molecule has 2 nitrogen and oxygen atoms in total. The van der Waals surface area contributed by atoms with Crippen LogP contribution in [0.5, 0.6) is 0 Å². The van der Waals surface area contributed by atoms with Crippen LogP contribution in [-0.2, 0) is 0 Å². The van der Waals surface area contributed by atoms with E-state index < -0.39 is 12.7 Å². The zero-order valence-electron chi connectivity index (χ0n) is 9.84. The molecule has 0 aromatic heterocycles. The second-order valence-electron chi connectivity index (χ2n) is 4.91. The molecule has 0 radical (unpaired) electrons. The summed E-state index contributed by atoms with van der Waals surface area (Å²) in [6.45, 7) is -0.715. The molecule has 0 atom stereocenters. The van der Waals surface area contributed by atoms with Crippen molar-refractivity contribution in [3.05, 3.63) is 0 Å². The van der Waals surface area contributed by atoms with Gasteiger partial charge in [0.05, 0.1) is 13.2 Å². The van der Waals surface area contributed by atoms with E-state index in [-0.39, 0.29) is 18.6 Å². The topological polar surface area (TPSA) is 23.5 Å². The number of rotatable bonds is 6. The van der Waals surface area contributed by atoms with Gasteiger partial charge in [-0.1, -0.05) is 12.8 Å². The molecule has 6 heteroatoms. The van der Waals surface area contributed by atoms with Crippen molar-refractivity contribution >= 4 is 12.6 Å². The molecule has 0 aromatic carbocycles. The molecule has 1 saturated carbocycles. The molecular weight excluding hydrogens is 251 g/mol. The average Bonchev–Trinajstić information content (AvgIpc) is 2.65. The first-order chi connectivity index (χ1) is 7.91. The fraction of sp³-hybridized carbons (Fsp3) is 1.00. The van der Waals surface area contributed by atoms with Gasteiger partial charge in [0.2, 0.25) is 0 Å². The molecule has 0 amide bonds. The van der Waals surface area contributed by atoms with Crippen molar-refractivity contribution in [2.24, 2.45) is 5.41 Å². The lowest BCUT2D eigenvalue weighted by Crippen LogP contribution is -2.43. The van der Waals surface area contributed by atoms with E-state index >= 15 is 0 Å². The van der Waals surface area contributed by atoms with Crippen LogP contribution in [0.2, 0.25) is 0 Å². The minimum Gasteiger partial charge on any atom is -0.395 e. The molecule has 0 spiro atoms. The zero-order chi connectivity index (χ0) is 12.9. The van der Waals surface area contributed by atoms with Crippen molar-refractivity contribution in [1.82, 2.24) is 4.90 Å². The zero-order valence-corrected chi connectivity index (χ0v) is 10.7. The maximum Gasteiger partial charge on any atom is 0.401 e. The maximum absolute atomic E-state index is 12.4. The highest BCUT2D eigenvalue weighted by Gasteiger charge is 2.37. The first-order valence-electron chi connectivity index (χ1n) is 5.92. The van der Waals surface area contributed by atoms with Crippen LogP contribution in [0, 0.1) is 5.41 Å². The number of hydrogen-bond donors (Lipinski definition) is 2. The molecule has 0 heterocycles. The Kier molecular flexibility index (Phi) is 5.60. The van der Waals surface area contributed by atoms with Crippen molar-refractivity contribution in [3.8, 4) is 0 Å². The lowest BCUT2D eigenvalue weighted by Gasteiger charge is -2.34. The van der Waals surface area contributed by atoms with Gasteiger partial charge in [-0.05, 0) is 24.0 Å². The van der Waals surface area contributed by atoms with Gasteiger partial charge in [0, 0.05) is 13.1 Å². The first kappa shape index (κ1) is 15.1. The van der Waals surface area contributed by atoms with E-state index in [2.05, 4.69) is 12.6 Å². The fourth-order valence-corrected chi connectivity index (χ4v) is 2.99. The minimum atomic E-state index is -4.20. The quantitative estimate of drug-likeness (QED) is 0.724. The SMILES string of the molecule is OCCN(CC(F)(F)F)CC1(CS)CCCC1. The summed E-state index contributed by atoms with van der Waals surface area (Å²) in [6.07, 6.45) is -0.183. The van der Waals surface area contributed by atoms with E-state index in [1.807, 2.05) is 0 Å². The third-order valence-electron chi connectivity index (χ3n) is 3.38. The van der Waals surface area contributed by atoms with E-state index in [9.17, 15) is 13.2 Å². The van der Waals surface area contributed by atoms with Crippen molar-refractivity contribution in [3.63, 3.8) is 0 Å². The summed E-state index contributed by atoms with van der Waals surface area (Å²) in [7, 11) is 0. The lowest BCUT2D eigenvalue weighted by atomic mass is 9.88. The second-order valence-corrected chi connectivity index (χ2v) is 5.23. The molecule has 1 rings (SSSR count). The summed E-state index contributed by atoms with van der Waals surface area (Å²) in [5, 5.41) is 8.84. The molecule has 0 unspecified atom stereocenters. The highest BCUT2D eigenvalue weighted by molar-refractivity contribution is 7.80. The smallest absolute Gasteiger partial charge is 0.395 e. The van der Waals surface area contributed by atoms with Crippen molar-refractivity contribution in [2.45, 2.75) is 31.9 Å². The number of aliphatic hydroxyl groups is 1. The molecule has 1 fully saturated rings. The van der Waals surface area contributed by atoms with E-state index in [0.29, 0.717) is 12.3 Å². The molecule has 0 aliphatic heterocycles. The van der Waals surface area contributed by atoms with Gasteiger partial charge in [-0.15, -0.1) is 0 Å². The van der Waals surface area contributed by atoms with E-state index in [4.69, 9.17) is 5.11 Å². The summed E-state index contributed by atoms with van der Waals surface area (Å²) in [6, 6.07) is 0. The normalized spacial score (nSPS) is 20.1. The molecule has 0 aromatic rings. The molecule has 17 heavy (non-hydrogen) atoms. The average molecular weight is 271 g/mol. The Morgan fingerprint density at radius 3 is 2.24 bits per heavy atom. The molecule has 1 aliphatic rings. The van der Waals surface area contributed by atoms with Gasteiger partial charge < -0.3 is 5.11 Å². The third-order valence-corrected chi connectivity index (χ3v) is 4.05. The van der Waals surface area contributed by atoms with Gasteiger partial charge in [-0.25, -0.2) is 0 Å². The molecule has 1 N–H and O–H groups in total. The molecule has 0 saturated heterocycles. The Bertz CT molecular complexity index is 229. The molecular formula is C11H20F3NOS. The van der Waals surface area contributed by atoms with Crippen molar-refractivity contribution in [1.29, 1.82) is 0 Å². The summed E-state index contributed by atoms with van der Waals surface area (Å²) < 4.78 is 37.2. The van der Waals surface area contributed by atoms with Crippen LogP contribution >= 0.6 is 12.6 Å². The maximum atomic E-state index is 12.4. The van der Waals surface area contributed by atoms with Gasteiger partial charge in [-0.3, -0.25) is 4.90 Å². The molecule has 102 valence electrons. The number of thiol groups is 1. The molecule has 1 aliphatic carbocycles. The Morgan fingerprint density at radius 1 is 1.24 bits per heavy atom. The van der Waals surface area contributed by atoms with Crippen LogP contribution in [0.4, 0.5) is 13.2 Å². The summed E-state index contributed by atoms with van der Waals surface area (Å²) in [4.78, 5) is 1.31.